The van der Waals surface area contributed by atoms with Gasteiger partial charge in [0.2, 0.25) is 0 Å². The van der Waals surface area contributed by atoms with Crippen molar-refractivity contribution in [1.29, 1.82) is 0 Å². The molecule has 18 heavy (non-hydrogen) atoms. The average molecular weight is 254 g/mol. The summed E-state index contributed by atoms with van der Waals surface area (Å²) in [5.74, 6) is 0. The second kappa shape index (κ2) is 5.45. The maximum Gasteiger partial charge on any atom is 0.0864 e. The fourth-order valence-corrected chi connectivity index (χ4v) is 4.12. The number of fused-ring (bicyclic) bond motifs is 2. The third-order valence-electron chi connectivity index (χ3n) is 4.88. The Balaban J connectivity index is 1.66. The molecule has 0 aliphatic carbocycles. The van der Waals surface area contributed by atoms with E-state index in [1.165, 1.54) is 32.1 Å². The molecule has 3 fully saturated rings. The van der Waals surface area contributed by atoms with Crippen LogP contribution < -0.4 is 10.6 Å². The first kappa shape index (κ1) is 12.9. The van der Waals surface area contributed by atoms with Gasteiger partial charge in [0.15, 0.2) is 0 Å². The first-order valence-electron chi connectivity index (χ1n) is 7.45. The fourth-order valence-electron chi connectivity index (χ4n) is 4.12. The van der Waals surface area contributed by atoms with Crippen LogP contribution in [0.2, 0.25) is 0 Å². The van der Waals surface area contributed by atoms with Crippen LogP contribution in [0.5, 0.6) is 0 Å². The molecule has 3 aliphatic rings. The lowest BCUT2D eigenvalue weighted by Gasteiger charge is -2.49. The molecular formula is C14H26N2O2. The molecule has 3 atom stereocenters. The van der Waals surface area contributed by atoms with Crippen molar-refractivity contribution in [3.8, 4) is 0 Å². The van der Waals surface area contributed by atoms with Gasteiger partial charge in [0, 0.05) is 38.4 Å². The minimum Gasteiger partial charge on any atom is -0.385 e. The van der Waals surface area contributed by atoms with Crippen LogP contribution in [0.1, 0.15) is 38.5 Å². The van der Waals surface area contributed by atoms with E-state index >= 15 is 0 Å². The summed E-state index contributed by atoms with van der Waals surface area (Å²) in [4.78, 5) is 0. The Bertz CT molecular complexity index is 273. The van der Waals surface area contributed by atoms with Gasteiger partial charge in [0.05, 0.1) is 12.2 Å². The Morgan fingerprint density at radius 1 is 1.28 bits per heavy atom. The van der Waals surface area contributed by atoms with Gasteiger partial charge in [-0.25, -0.2) is 0 Å². The highest BCUT2D eigenvalue weighted by Crippen LogP contribution is 2.40. The zero-order chi connectivity index (χ0) is 12.4. The number of hydrogen-bond donors (Lipinski definition) is 2. The van der Waals surface area contributed by atoms with Crippen LogP contribution in [0.4, 0.5) is 0 Å². The van der Waals surface area contributed by atoms with E-state index in [0.717, 1.165) is 26.2 Å². The van der Waals surface area contributed by atoms with Gasteiger partial charge in [-0.1, -0.05) is 0 Å². The summed E-state index contributed by atoms with van der Waals surface area (Å²) in [5.41, 5.74) is 0.100. The summed E-state index contributed by atoms with van der Waals surface area (Å²) in [6.45, 7) is 2.74. The van der Waals surface area contributed by atoms with Gasteiger partial charge >= 0.3 is 0 Å². The van der Waals surface area contributed by atoms with Crippen molar-refractivity contribution >= 4 is 0 Å². The van der Waals surface area contributed by atoms with Crippen LogP contribution in [0.15, 0.2) is 0 Å². The lowest BCUT2D eigenvalue weighted by molar-refractivity contribution is -0.125. The molecule has 0 aromatic carbocycles. The van der Waals surface area contributed by atoms with Gasteiger partial charge in [-0.15, -0.1) is 0 Å². The van der Waals surface area contributed by atoms with Gasteiger partial charge in [0.1, 0.15) is 0 Å². The van der Waals surface area contributed by atoms with Crippen molar-refractivity contribution in [2.45, 2.75) is 62.3 Å². The van der Waals surface area contributed by atoms with E-state index in [9.17, 15) is 0 Å². The van der Waals surface area contributed by atoms with Gasteiger partial charge in [0.25, 0.3) is 0 Å². The van der Waals surface area contributed by atoms with Crippen molar-refractivity contribution < 1.29 is 9.47 Å². The van der Waals surface area contributed by atoms with Crippen molar-refractivity contribution in [1.82, 2.24) is 10.6 Å². The zero-order valence-electron chi connectivity index (χ0n) is 11.4. The lowest BCUT2D eigenvalue weighted by Crippen LogP contribution is -2.63. The molecule has 2 N–H and O–H groups in total. The van der Waals surface area contributed by atoms with E-state index < -0.39 is 0 Å². The van der Waals surface area contributed by atoms with Crippen molar-refractivity contribution in [2.75, 3.05) is 26.9 Å². The standard InChI is InChI=1S/C14H26N2O2/c1-17-7-2-3-13-14(18-8-6-15-13)9-11-4-5-12(10-14)16-11/h11-13,15-16H,2-10H2,1H3. The minimum atomic E-state index is 0.100. The van der Waals surface area contributed by atoms with E-state index in [1.807, 2.05) is 0 Å². The smallest absolute Gasteiger partial charge is 0.0864 e. The molecule has 104 valence electrons. The van der Waals surface area contributed by atoms with E-state index in [4.69, 9.17) is 9.47 Å². The summed E-state index contributed by atoms with van der Waals surface area (Å²) in [6.07, 6.45) is 7.35. The van der Waals surface area contributed by atoms with Gasteiger partial charge in [-0.3, -0.25) is 0 Å². The summed E-state index contributed by atoms with van der Waals surface area (Å²) in [7, 11) is 1.78. The third kappa shape index (κ3) is 2.44. The largest absolute Gasteiger partial charge is 0.385 e. The molecule has 1 spiro atoms. The molecule has 0 amide bonds. The Kier molecular flexibility index (Phi) is 3.89. The Labute approximate surface area is 110 Å². The summed E-state index contributed by atoms with van der Waals surface area (Å²) in [6, 6.07) is 1.90. The van der Waals surface area contributed by atoms with Crippen molar-refractivity contribution in [2.24, 2.45) is 0 Å². The number of nitrogens with one attached hydrogen (secondary N) is 2. The number of ether oxygens (including phenoxy) is 2. The molecule has 3 saturated heterocycles. The maximum absolute atomic E-state index is 6.29. The third-order valence-corrected chi connectivity index (χ3v) is 4.88. The maximum atomic E-state index is 6.29. The van der Waals surface area contributed by atoms with Crippen LogP contribution in [-0.4, -0.2) is 50.6 Å². The molecule has 3 heterocycles. The van der Waals surface area contributed by atoms with Gasteiger partial charge in [-0.2, -0.15) is 0 Å². The predicted octanol–water partition coefficient (Wildman–Crippen LogP) is 1.05. The summed E-state index contributed by atoms with van der Waals surface area (Å²) in [5, 5.41) is 7.42. The van der Waals surface area contributed by atoms with E-state index in [2.05, 4.69) is 10.6 Å². The highest BCUT2D eigenvalue weighted by molar-refractivity contribution is 5.07. The second-order valence-electron chi connectivity index (χ2n) is 6.10. The monoisotopic (exact) mass is 254 g/mol. The quantitative estimate of drug-likeness (QED) is 0.736. The highest BCUT2D eigenvalue weighted by atomic mass is 16.5. The van der Waals surface area contributed by atoms with Gasteiger partial charge in [-0.05, 0) is 38.5 Å². The van der Waals surface area contributed by atoms with E-state index in [1.54, 1.807) is 7.11 Å². The highest BCUT2D eigenvalue weighted by Gasteiger charge is 2.49. The molecule has 0 radical (unpaired) electrons. The van der Waals surface area contributed by atoms with E-state index in [0.29, 0.717) is 18.1 Å². The Morgan fingerprint density at radius 3 is 2.78 bits per heavy atom. The molecule has 2 bridgehead atoms. The number of hydrogen-bond acceptors (Lipinski definition) is 4. The zero-order valence-corrected chi connectivity index (χ0v) is 11.4. The molecule has 4 nitrogen and oxygen atoms in total. The molecule has 0 saturated carbocycles. The molecular weight excluding hydrogens is 228 g/mol. The van der Waals surface area contributed by atoms with Crippen molar-refractivity contribution in [3.05, 3.63) is 0 Å². The summed E-state index contributed by atoms with van der Waals surface area (Å²) < 4.78 is 11.5. The first-order chi connectivity index (χ1) is 8.82. The van der Waals surface area contributed by atoms with Crippen molar-refractivity contribution in [3.63, 3.8) is 0 Å². The molecule has 0 aromatic rings. The number of methoxy groups -OCH3 is 1. The van der Waals surface area contributed by atoms with E-state index in [-0.39, 0.29) is 5.60 Å². The normalized spacial score (nSPS) is 43.5. The van der Waals surface area contributed by atoms with Crippen LogP contribution in [0.3, 0.4) is 0 Å². The SMILES string of the molecule is COCCCC1NCCOC12CC1CCC(C2)N1. The topological polar surface area (TPSA) is 42.5 Å². The first-order valence-corrected chi connectivity index (χ1v) is 7.45. The fraction of sp³-hybridized carbons (Fsp3) is 1.00. The number of rotatable bonds is 4. The predicted molar refractivity (Wildman–Crippen MR) is 70.8 cm³/mol. The average Bonchev–Trinajstić information content (AvgIpc) is 2.72. The van der Waals surface area contributed by atoms with Crippen LogP contribution >= 0.6 is 0 Å². The molecule has 3 rings (SSSR count). The van der Waals surface area contributed by atoms with Crippen LogP contribution in [0, 0.1) is 0 Å². The molecule has 4 heteroatoms. The number of piperidine rings is 1. The number of morpholine rings is 1. The van der Waals surface area contributed by atoms with Gasteiger partial charge < -0.3 is 20.1 Å². The lowest BCUT2D eigenvalue weighted by atomic mass is 9.78. The molecule has 0 aromatic heterocycles. The Morgan fingerprint density at radius 2 is 2.06 bits per heavy atom. The second-order valence-corrected chi connectivity index (χ2v) is 6.10. The summed E-state index contributed by atoms with van der Waals surface area (Å²) >= 11 is 0. The minimum absolute atomic E-state index is 0.100. The van der Waals surface area contributed by atoms with Crippen LogP contribution in [0.25, 0.3) is 0 Å². The molecule has 3 aliphatic heterocycles. The molecule has 3 unspecified atom stereocenters. The van der Waals surface area contributed by atoms with Crippen LogP contribution in [-0.2, 0) is 9.47 Å². The Hall–Kier alpha value is -0.160.